The molecule has 202 valence electrons. The Hall–Kier alpha value is -3.31. The predicted octanol–water partition coefficient (Wildman–Crippen LogP) is 5.71. The molecule has 1 aliphatic heterocycles. The van der Waals surface area contributed by atoms with Gasteiger partial charge in [-0.1, -0.05) is 37.3 Å². The molecule has 0 spiro atoms. The molecule has 1 saturated heterocycles. The lowest BCUT2D eigenvalue weighted by Crippen LogP contribution is -2.37. The van der Waals surface area contributed by atoms with E-state index in [1.54, 1.807) is 11.8 Å². The first kappa shape index (κ1) is 26.7. The molecule has 1 aromatic carbocycles. The quantitative estimate of drug-likeness (QED) is 0.362. The highest BCUT2D eigenvalue weighted by atomic mass is 19.4. The number of nitrogens with zero attached hydrogens (tertiary/aromatic N) is 4. The fraction of sp³-hybridized carbons (Fsp3) is 0.600. The summed E-state index contributed by atoms with van der Waals surface area (Å²) < 4.78 is 57.3. The third-order valence-corrected chi connectivity index (χ3v) is 6.80. The zero-order chi connectivity index (χ0) is 26.4. The summed E-state index contributed by atoms with van der Waals surface area (Å²) in [6.07, 6.45) is 2.43. The van der Waals surface area contributed by atoms with Gasteiger partial charge in [0.1, 0.15) is 11.8 Å². The van der Waals surface area contributed by atoms with E-state index in [0.29, 0.717) is 18.9 Å². The minimum atomic E-state index is -4.61. The molecule has 1 atom stereocenters. The Balaban J connectivity index is 1.49. The molecular formula is C25H32F3N5O4. The van der Waals surface area contributed by atoms with E-state index in [2.05, 4.69) is 15.1 Å². The van der Waals surface area contributed by atoms with E-state index in [0.717, 1.165) is 31.7 Å². The molecular weight excluding hydrogens is 491 g/mol. The Morgan fingerprint density at radius 2 is 2.00 bits per heavy atom. The molecule has 2 aromatic rings. The number of benzene rings is 1. The summed E-state index contributed by atoms with van der Waals surface area (Å²) in [5.41, 5.74) is 5.25. The zero-order valence-corrected chi connectivity index (χ0v) is 20.8. The summed E-state index contributed by atoms with van der Waals surface area (Å²) in [4.78, 5) is 21.4. The topological polar surface area (TPSA) is 116 Å². The number of hydrogen-bond acceptors (Lipinski definition) is 6. The minimum Gasteiger partial charge on any atom is -0.493 e. The maximum atomic E-state index is 13.9. The molecule has 12 heteroatoms. The van der Waals surface area contributed by atoms with Gasteiger partial charge in [0.2, 0.25) is 17.7 Å². The molecule has 1 unspecified atom stereocenters. The molecule has 4 rings (SSSR count). The molecule has 2 N–H and O–H groups in total. The molecule has 0 radical (unpaired) electrons. The number of aromatic nitrogens is 2. The fourth-order valence-electron chi connectivity index (χ4n) is 4.93. The first-order valence-corrected chi connectivity index (χ1v) is 12.7. The van der Waals surface area contributed by atoms with Crippen molar-refractivity contribution in [3.05, 3.63) is 29.7 Å². The number of nitrogens with two attached hydrogens (primary N) is 1. The maximum absolute atomic E-state index is 13.9. The van der Waals surface area contributed by atoms with Gasteiger partial charge in [-0.25, -0.2) is 4.79 Å². The number of aliphatic imine (C=N–C) groups is 1. The van der Waals surface area contributed by atoms with Crippen LogP contribution in [-0.2, 0) is 10.9 Å². The van der Waals surface area contributed by atoms with Gasteiger partial charge < -0.3 is 24.6 Å². The second kappa shape index (κ2) is 11.8. The van der Waals surface area contributed by atoms with Crippen molar-refractivity contribution in [1.29, 1.82) is 0 Å². The molecule has 37 heavy (non-hydrogen) atoms. The number of carbonyl (C=O) groups is 1. The molecule has 0 bridgehead atoms. The Kier molecular flexibility index (Phi) is 8.55. The van der Waals surface area contributed by atoms with Crippen LogP contribution in [0.25, 0.3) is 11.4 Å². The van der Waals surface area contributed by atoms with E-state index in [4.69, 9.17) is 19.7 Å². The van der Waals surface area contributed by atoms with Crippen LogP contribution >= 0.6 is 0 Å². The van der Waals surface area contributed by atoms with Crippen molar-refractivity contribution in [1.82, 2.24) is 15.0 Å². The van der Waals surface area contributed by atoms with Crippen LogP contribution in [-0.4, -0.2) is 46.9 Å². The number of halogens is 3. The van der Waals surface area contributed by atoms with Crippen LogP contribution < -0.4 is 10.5 Å². The third-order valence-electron chi connectivity index (χ3n) is 6.80. The molecule has 1 aromatic heterocycles. The van der Waals surface area contributed by atoms with Crippen molar-refractivity contribution in [2.45, 2.75) is 70.5 Å². The summed E-state index contributed by atoms with van der Waals surface area (Å²) in [5.74, 6) is 0.444. The molecule has 1 aliphatic carbocycles. The van der Waals surface area contributed by atoms with Crippen LogP contribution in [0.2, 0.25) is 0 Å². The monoisotopic (exact) mass is 523 g/mol. The summed E-state index contributed by atoms with van der Waals surface area (Å²) in [7, 11) is 0. The number of carbonyl (C=O) groups excluding carboxylic acids is 1. The molecule has 2 aliphatic rings. The fourth-order valence-corrected chi connectivity index (χ4v) is 4.93. The molecule has 2 heterocycles. The van der Waals surface area contributed by atoms with Gasteiger partial charge in [-0.05, 0) is 50.3 Å². The Morgan fingerprint density at radius 1 is 1.22 bits per heavy atom. The van der Waals surface area contributed by atoms with E-state index in [1.807, 2.05) is 0 Å². The van der Waals surface area contributed by atoms with E-state index in [-0.39, 0.29) is 42.2 Å². The predicted molar refractivity (Wildman–Crippen MR) is 129 cm³/mol. The molecule has 9 nitrogen and oxygen atoms in total. The molecule has 1 amide bonds. The number of alkyl halides is 3. The second-order valence-corrected chi connectivity index (χ2v) is 9.33. The number of rotatable bonds is 7. The third kappa shape index (κ3) is 6.72. The van der Waals surface area contributed by atoms with Gasteiger partial charge in [0.25, 0.3) is 0 Å². The number of likely N-dealkylation sites (tertiary alicyclic amines) is 1. The Labute approximate surface area is 213 Å². The maximum Gasteiger partial charge on any atom is 0.436 e. The number of guanidine groups is 1. The number of ether oxygens (including phenoxy) is 2. The Morgan fingerprint density at radius 3 is 2.73 bits per heavy atom. The van der Waals surface area contributed by atoms with Crippen LogP contribution in [0.15, 0.2) is 27.7 Å². The SMILES string of the molecule is CCOC(=O)/N=C(/N)N1CCCC1c1nc(-c2ccc(OCCC3CCCCC3)c(C(F)(F)F)c2)no1. The van der Waals surface area contributed by atoms with Gasteiger partial charge in [-0.15, -0.1) is 4.99 Å². The van der Waals surface area contributed by atoms with Crippen molar-refractivity contribution in [3.63, 3.8) is 0 Å². The van der Waals surface area contributed by atoms with Gasteiger partial charge in [-0.2, -0.15) is 18.2 Å². The van der Waals surface area contributed by atoms with E-state index in [9.17, 15) is 18.0 Å². The van der Waals surface area contributed by atoms with Crippen LogP contribution in [0.3, 0.4) is 0 Å². The number of hydrogen-bond donors (Lipinski definition) is 1. The average molecular weight is 524 g/mol. The Bertz CT molecular complexity index is 1100. The van der Waals surface area contributed by atoms with Crippen LogP contribution in [0.4, 0.5) is 18.0 Å². The average Bonchev–Trinajstić information content (AvgIpc) is 3.54. The van der Waals surface area contributed by atoms with Gasteiger partial charge in [0.05, 0.1) is 18.8 Å². The highest BCUT2D eigenvalue weighted by molar-refractivity contribution is 5.89. The second-order valence-electron chi connectivity index (χ2n) is 9.33. The standard InChI is InChI=1S/C25H32F3N5O4/c1-2-35-24(34)31-23(29)33-13-6-9-19(33)22-30-21(32-37-22)17-10-11-20(18(15-17)25(26,27)28)36-14-12-16-7-4-3-5-8-16/h10-11,15-16,19H,2-9,12-14H2,1H3,(H2,29,31,34). The van der Waals surface area contributed by atoms with Gasteiger partial charge >= 0.3 is 12.3 Å². The lowest BCUT2D eigenvalue weighted by molar-refractivity contribution is -0.138. The van der Waals surface area contributed by atoms with Gasteiger partial charge in [0.15, 0.2) is 0 Å². The first-order chi connectivity index (χ1) is 17.8. The van der Waals surface area contributed by atoms with E-state index >= 15 is 0 Å². The van der Waals surface area contributed by atoms with E-state index < -0.39 is 23.9 Å². The lowest BCUT2D eigenvalue weighted by atomic mass is 9.87. The van der Waals surface area contributed by atoms with Gasteiger partial charge in [0, 0.05) is 12.1 Å². The van der Waals surface area contributed by atoms with Crippen molar-refractivity contribution in [3.8, 4) is 17.1 Å². The lowest BCUT2D eigenvalue weighted by Gasteiger charge is -2.22. The van der Waals surface area contributed by atoms with Crippen LogP contribution in [0.1, 0.15) is 75.8 Å². The first-order valence-electron chi connectivity index (χ1n) is 12.7. The van der Waals surface area contributed by atoms with Crippen molar-refractivity contribution in [2.75, 3.05) is 19.8 Å². The minimum absolute atomic E-state index is 0.0157. The summed E-state index contributed by atoms with van der Waals surface area (Å²) in [6, 6.07) is 3.32. The number of amides is 1. The normalized spacial score (nSPS) is 19.3. The van der Waals surface area contributed by atoms with E-state index in [1.165, 1.54) is 31.4 Å². The zero-order valence-electron chi connectivity index (χ0n) is 20.8. The molecule has 1 saturated carbocycles. The largest absolute Gasteiger partial charge is 0.493 e. The summed E-state index contributed by atoms with van der Waals surface area (Å²) in [5, 5.41) is 3.90. The smallest absolute Gasteiger partial charge is 0.436 e. The van der Waals surface area contributed by atoms with Crippen LogP contribution in [0, 0.1) is 5.92 Å². The highest BCUT2D eigenvalue weighted by Gasteiger charge is 2.36. The van der Waals surface area contributed by atoms with Gasteiger partial charge in [-0.3, -0.25) is 0 Å². The summed E-state index contributed by atoms with van der Waals surface area (Å²) >= 11 is 0. The van der Waals surface area contributed by atoms with Crippen molar-refractivity contribution < 1.29 is 32.0 Å². The van der Waals surface area contributed by atoms with Crippen molar-refractivity contribution >= 4 is 12.1 Å². The van der Waals surface area contributed by atoms with Crippen LogP contribution in [0.5, 0.6) is 5.75 Å². The highest BCUT2D eigenvalue weighted by Crippen LogP contribution is 2.39. The van der Waals surface area contributed by atoms with Crippen molar-refractivity contribution in [2.24, 2.45) is 16.6 Å². The summed E-state index contributed by atoms with van der Waals surface area (Å²) in [6.45, 7) is 2.56. The molecule has 2 fully saturated rings.